The molecule has 25 heavy (non-hydrogen) atoms. The van der Waals surface area contributed by atoms with Crippen LogP contribution in [0.15, 0.2) is 48.0 Å². The van der Waals surface area contributed by atoms with E-state index in [4.69, 9.17) is 45.3 Å². The molecule has 0 aliphatic rings. The Hall–Kier alpha value is -1.99. The molecule has 2 amide bonds. The second kappa shape index (κ2) is 7.49. The number of carbonyl (C=O) groups excluding carboxylic acids is 1. The fourth-order valence-corrected chi connectivity index (χ4v) is 3.30. The number of ether oxygens (including phenoxy) is 1. The largest absolute Gasteiger partial charge is 0.454 e. The highest BCUT2D eigenvalue weighted by molar-refractivity contribution is 7.13. The maximum atomic E-state index is 12.0. The number of rotatable bonds is 4. The van der Waals surface area contributed by atoms with E-state index in [1.807, 2.05) is 0 Å². The molecular formula is C16H10Cl3N3O2S. The zero-order valence-electron chi connectivity index (χ0n) is 12.4. The number of halogens is 3. The van der Waals surface area contributed by atoms with Gasteiger partial charge in [-0.2, -0.15) is 0 Å². The molecule has 0 aliphatic carbocycles. The molecule has 128 valence electrons. The second-order valence-corrected chi connectivity index (χ2v) is 6.77. The van der Waals surface area contributed by atoms with Gasteiger partial charge in [0, 0.05) is 11.6 Å². The van der Waals surface area contributed by atoms with Crippen molar-refractivity contribution in [1.29, 1.82) is 0 Å². The highest BCUT2D eigenvalue weighted by Gasteiger charge is 2.22. The van der Waals surface area contributed by atoms with E-state index in [2.05, 4.69) is 4.98 Å². The van der Waals surface area contributed by atoms with E-state index in [0.717, 1.165) is 0 Å². The smallest absolute Gasteiger partial charge is 0.325 e. The van der Waals surface area contributed by atoms with Crippen molar-refractivity contribution in [3.05, 3.63) is 63.0 Å². The number of anilines is 2. The molecule has 3 aromatic rings. The van der Waals surface area contributed by atoms with Gasteiger partial charge >= 0.3 is 6.03 Å². The molecule has 0 radical (unpaired) electrons. The number of aromatic nitrogens is 1. The average molecular weight is 415 g/mol. The van der Waals surface area contributed by atoms with Crippen LogP contribution in [0.25, 0.3) is 0 Å². The van der Waals surface area contributed by atoms with Gasteiger partial charge in [0.2, 0.25) is 0 Å². The van der Waals surface area contributed by atoms with E-state index >= 15 is 0 Å². The van der Waals surface area contributed by atoms with Crippen LogP contribution < -0.4 is 15.4 Å². The van der Waals surface area contributed by atoms with Crippen LogP contribution in [0, 0.1) is 0 Å². The Morgan fingerprint density at radius 2 is 1.84 bits per heavy atom. The van der Waals surface area contributed by atoms with Crippen molar-refractivity contribution < 1.29 is 9.53 Å². The number of amides is 2. The van der Waals surface area contributed by atoms with Gasteiger partial charge in [-0.25, -0.2) is 14.7 Å². The molecule has 1 heterocycles. The van der Waals surface area contributed by atoms with Crippen LogP contribution in [0.1, 0.15) is 0 Å². The number of hydrogen-bond donors (Lipinski definition) is 1. The van der Waals surface area contributed by atoms with Gasteiger partial charge in [0.15, 0.2) is 10.9 Å². The number of para-hydroxylation sites is 2. The average Bonchev–Trinajstić information content (AvgIpc) is 3.11. The van der Waals surface area contributed by atoms with Crippen molar-refractivity contribution in [2.75, 3.05) is 4.90 Å². The third-order valence-corrected chi connectivity index (χ3v) is 5.19. The maximum Gasteiger partial charge on any atom is 0.325 e. The molecule has 0 fully saturated rings. The van der Waals surface area contributed by atoms with Gasteiger partial charge in [-0.1, -0.05) is 46.9 Å². The third kappa shape index (κ3) is 3.67. The summed E-state index contributed by atoms with van der Waals surface area (Å²) in [5, 5.41) is 2.83. The van der Waals surface area contributed by atoms with E-state index in [0.29, 0.717) is 27.3 Å². The Balaban J connectivity index is 2.05. The van der Waals surface area contributed by atoms with Crippen molar-refractivity contribution in [2.24, 2.45) is 5.73 Å². The number of urea groups is 1. The van der Waals surface area contributed by atoms with Crippen LogP contribution in [0.5, 0.6) is 11.5 Å². The summed E-state index contributed by atoms with van der Waals surface area (Å²) in [5.74, 6) is 0.656. The molecule has 3 rings (SSSR count). The van der Waals surface area contributed by atoms with E-state index in [-0.39, 0.29) is 10.0 Å². The number of hydrogen-bond acceptors (Lipinski definition) is 4. The molecule has 0 unspecified atom stereocenters. The summed E-state index contributed by atoms with van der Waals surface area (Å²) in [6.07, 6.45) is 1.58. The molecular weight excluding hydrogens is 405 g/mol. The Morgan fingerprint density at radius 1 is 1.08 bits per heavy atom. The summed E-state index contributed by atoms with van der Waals surface area (Å²) >= 11 is 19.4. The minimum absolute atomic E-state index is 0.170. The number of nitrogens with two attached hydrogens (primary N) is 1. The Labute approximate surface area is 162 Å². The van der Waals surface area contributed by atoms with Crippen LogP contribution in [0.3, 0.4) is 0 Å². The first-order valence-electron chi connectivity index (χ1n) is 6.88. The molecule has 0 saturated carbocycles. The summed E-state index contributed by atoms with van der Waals surface area (Å²) in [5.41, 5.74) is 5.95. The van der Waals surface area contributed by atoms with Gasteiger partial charge < -0.3 is 10.5 Å². The fourth-order valence-electron chi connectivity index (χ4n) is 2.08. The minimum Gasteiger partial charge on any atom is -0.454 e. The van der Waals surface area contributed by atoms with Crippen molar-refractivity contribution in [3.8, 4) is 11.5 Å². The summed E-state index contributed by atoms with van der Waals surface area (Å²) < 4.78 is 5.86. The van der Waals surface area contributed by atoms with Gasteiger partial charge in [-0.3, -0.25) is 0 Å². The molecule has 1 aromatic heterocycles. The van der Waals surface area contributed by atoms with Crippen LogP contribution in [0.4, 0.5) is 15.6 Å². The van der Waals surface area contributed by atoms with Crippen LogP contribution in [-0.2, 0) is 0 Å². The van der Waals surface area contributed by atoms with Gasteiger partial charge in [-0.15, -0.1) is 11.3 Å². The van der Waals surface area contributed by atoms with Crippen molar-refractivity contribution in [2.45, 2.75) is 0 Å². The summed E-state index contributed by atoms with van der Waals surface area (Å²) in [4.78, 5) is 17.3. The lowest BCUT2D eigenvalue weighted by atomic mass is 10.2. The monoisotopic (exact) mass is 413 g/mol. The van der Waals surface area contributed by atoms with E-state index in [1.54, 1.807) is 48.0 Å². The zero-order chi connectivity index (χ0) is 18.0. The fraction of sp³-hybridized carbons (Fsp3) is 0. The highest BCUT2D eigenvalue weighted by Crippen LogP contribution is 2.42. The third-order valence-electron chi connectivity index (χ3n) is 3.16. The Bertz CT molecular complexity index is 919. The maximum absolute atomic E-state index is 12.0. The van der Waals surface area contributed by atoms with Gasteiger partial charge in [0.25, 0.3) is 0 Å². The molecule has 5 nitrogen and oxygen atoms in total. The highest BCUT2D eigenvalue weighted by atomic mass is 35.5. The van der Waals surface area contributed by atoms with Crippen LogP contribution in [0.2, 0.25) is 15.1 Å². The summed E-state index contributed by atoms with van der Waals surface area (Å²) in [6.45, 7) is 0. The predicted molar refractivity (Wildman–Crippen MR) is 102 cm³/mol. The van der Waals surface area contributed by atoms with Crippen molar-refractivity contribution in [1.82, 2.24) is 4.98 Å². The normalized spacial score (nSPS) is 10.5. The molecule has 2 aromatic carbocycles. The number of thiazole rings is 1. The first-order valence-corrected chi connectivity index (χ1v) is 8.90. The molecule has 2 N–H and O–H groups in total. The van der Waals surface area contributed by atoms with Crippen LogP contribution in [-0.4, -0.2) is 11.0 Å². The number of nitrogens with zero attached hydrogens (tertiary/aromatic N) is 2. The zero-order valence-corrected chi connectivity index (χ0v) is 15.5. The lowest BCUT2D eigenvalue weighted by Crippen LogP contribution is -2.31. The van der Waals surface area contributed by atoms with E-state index in [1.165, 1.54) is 16.2 Å². The molecule has 0 saturated heterocycles. The first kappa shape index (κ1) is 17.8. The molecule has 0 bridgehead atoms. The van der Waals surface area contributed by atoms with Gasteiger partial charge in [0.1, 0.15) is 10.8 Å². The molecule has 9 heteroatoms. The van der Waals surface area contributed by atoms with Crippen LogP contribution >= 0.6 is 46.1 Å². The predicted octanol–water partition coefficient (Wildman–Crippen LogP) is 6.11. The molecule has 0 aliphatic heterocycles. The molecule has 0 atom stereocenters. The lowest BCUT2D eigenvalue weighted by molar-refractivity contribution is 0.256. The number of carbonyl (C=O) groups is 1. The van der Waals surface area contributed by atoms with E-state index in [9.17, 15) is 4.79 Å². The molecule has 0 spiro atoms. The first-order chi connectivity index (χ1) is 12.0. The minimum atomic E-state index is -0.689. The topological polar surface area (TPSA) is 68.5 Å². The Kier molecular flexibility index (Phi) is 5.34. The quantitative estimate of drug-likeness (QED) is 0.523. The standard InChI is InChI=1S/C16H10Cl3N3O2S/c17-9-5-6-12(14(19)13(9)18)24-11-4-2-1-3-10(11)22(15(20)23)16-21-7-8-25-16/h1-8H,(H2,20,23). The van der Waals surface area contributed by atoms with Gasteiger partial charge in [0.05, 0.1) is 15.7 Å². The van der Waals surface area contributed by atoms with Crippen molar-refractivity contribution in [3.63, 3.8) is 0 Å². The van der Waals surface area contributed by atoms with E-state index < -0.39 is 6.03 Å². The lowest BCUT2D eigenvalue weighted by Gasteiger charge is -2.21. The van der Waals surface area contributed by atoms with Crippen molar-refractivity contribution >= 4 is 63.0 Å². The number of primary amides is 1. The number of benzene rings is 2. The second-order valence-electron chi connectivity index (χ2n) is 4.73. The summed E-state index contributed by atoms with van der Waals surface area (Å²) in [7, 11) is 0. The Morgan fingerprint density at radius 3 is 2.52 bits per heavy atom. The van der Waals surface area contributed by atoms with Gasteiger partial charge in [-0.05, 0) is 24.3 Å². The summed E-state index contributed by atoms with van der Waals surface area (Å²) in [6, 6.07) is 9.34. The SMILES string of the molecule is NC(=O)N(c1nccs1)c1ccccc1Oc1ccc(Cl)c(Cl)c1Cl.